The molecule has 1 aromatic rings. The third kappa shape index (κ3) is 5.74. The first-order chi connectivity index (χ1) is 10.9. The van der Waals surface area contributed by atoms with Gasteiger partial charge in [-0.15, -0.1) is 13.2 Å². The molecule has 0 bridgehead atoms. The topological polar surface area (TPSA) is 41.6 Å². The van der Waals surface area contributed by atoms with E-state index in [1.54, 1.807) is 12.1 Å². The molecule has 4 nitrogen and oxygen atoms in total. The van der Waals surface area contributed by atoms with Gasteiger partial charge in [0.15, 0.2) is 0 Å². The average molecular weight is 330 g/mol. The zero-order valence-electron chi connectivity index (χ0n) is 13.0. The Morgan fingerprint density at radius 3 is 2.65 bits per heavy atom. The third-order valence-corrected chi connectivity index (χ3v) is 3.92. The van der Waals surface area contributed by atoms with E-state index in [9.17, 15) is 18.0 Å². The Bertz CT molecular complexity index is 517. The number of benzene rings is 1. The average Bonchev–Trinajstić information content (AvgIpc) is 2.94. The van der Waals surface area contributed by atoms with Gasteiger partial charge in [-0.25, -0.2) is 0 Å². The van der Waals surface area contributed by atoms with Crippen molar-refractivity contribution in [3.63, 3.8) is 0 Å². The number of hydrogen-bond donors (Lipinski definition) is 1. The van der Waals surface area contributed by atoms with Crippen LogP contribution in [0, 0.1) is 5.92 Å². The molecule has 1 aliphatic heterocycles. The number of amides is 1. The Balaban J connectivity index is 1.78. The van der Waals surface area contributed by atoms with Crippen LogP contribution in [-0.2, 0) is 11.2 Å². The van der Waals surface area contributed by atoms with Gasteiger partial charge in [0.1, 0.15) is 5.75 Å². The highest BCUT2D eigenvalue weighted by atomic mass is 19.4. The number of carbonyl (C=O) groups excluding carboxylic acids is 1. The van der Waals surface area contributed by atoms with Crippen molar-refractivity contribution >= 4 is 5.91 Å². The zero-order valence-corrected chi connectivity index (χ0v) is 13.0. The van der Waals surface area contributed by atoms with E-state index in [0.717, 1.165) is 31.6 Å². The summed E-state index contributed by atoms with van der Waals surface area (Å²) in [6.07, 6.45) is -2.79. The summed E-state index contributed by atoms with van der Waals surface area (Å²) in [6.45, 7) is 2.46. The molecule has 0 radical (unpaired) electrons. The van der Waals surface area contributed by atoms with Crippen molar-refractivity contribution in [1.82, 2.24) is 10.2 Å². The lowest BCUT2D eigenvalue weighted by atomic mass is 10.1. The molecule has 2 rings (SSSR count). The number of rotatable bonds is 6. The first-order valence-corrected chi connectivity index (χ1v) is 7.64. The molecule has 1 aliphatic rings. The van der Waals surface area contributed by atoms with Crippen LogP contribution in [0.2, 0.25) is 0 Å². The Hall–Kier alpha value is -1.76. The fraction of sp³-hybridized carbons (Fsp3) is 0.562. The van der Waals surface area contributed by atoms with Gasteiger partial charge in [0.05, 0.1) is 0 Å². The number of likely N-dealkylation sites (tertiary alicyclic amines) is 1. The molecule has 1 heterocycles. The Labute approximate surface area is 133 Å². The summed E-state index contributed by atoms with van der Waals surface area (Å²) in [7, 11) is 1.90. The van der Waals surface area contributed by atoms with Crippen molar-refractivity contribution in [2.45, 2.75) is 25.6 Å². The number of ether oxygens (including phenoxy) is 1. The molecule has 1 fully saturated rings. The minimum atomic E-state index is -4.68. The van der Waals surface area contributed by atoms with Crippen LogP contribution >= 0.6 is 0 Å². The highest BCUT2D eigenvalue weighted by molar-refractivity contribution is 5.76. The lowest BCUT2D eigenvalue weighted by molar-refractivity contribution is -0.274. The number of nitrogens with one attached hydrogen (secondary N) is 1. The number of alkyl halides is 3. The lowest BCUT2D eigenvalue weighted by Crippen LogP contribution is -2.30. The summed E-state index contributed by atoms with van der Waals surface area (Å²) in [6, 6.07) is 5.66. The van der Waals surface area contributed by atoms with Crippen molar-refractivity contribution in [3.8, 4) is 5.75 Å². The zero-order chi connectivity index (χ0) is 16.9. The van der Waals surface area contributed by atoms with Crippen LogP contribution in [0.15, 0.2) is 24.3 Å². The fourth-order valence-corrected chi connectivity index (χ4v) is 2.78. The van der Waals surface area contributed by atoms with E-state index in [4.69, 9.17) is 0 Å². The van der Waals surface area contributed by atoms with Crippen LogP contribution in [0.25, 0.3) is 0 Å². The first-order valence-electron chi connectivity index (χ1n) is 7.64. The normalized spacial score (nSPS) is 18.3. The predicted octanol–water partition coefficient (Wildman–Crippen LogP) is 2.59. The fourth-order valence-electron chi connectivity index (χ4n) is 2.78. The molecule has 0 aromatic heterocycles. The van der Waals surface area contributed by atoms with Crippen molar-refractivity contribution in [2.24, 2.45) is 5.92 Å². The highest BCUT2D eigenvalue weighted by Crippen LogP contribution is 2.23. The van der Waals surface area contributed by atoms with Crippen molar-refractivity contribution in [3.05, 3.63) is 29.8 Å². The maximum Gasteiger partial charge on any atom is 0.573 e. The van der Waals surface area contributed by atoms with Gasteiger partial charge in [-0.1, -0.05) is 12.1 Å². The Kier molecular flexibility index (Phi) is 5.87. The standard InChI is InChI=1S/C16H21F3N2O2/c1-20-10-13-8-9-21(11-13)15(22)7-4-12-2-5-14(6-3-12)23-16(17,18)19/h2-3,5-6,13,20H,4,7-11H2,1H3. The molecule has 1 amide bonds. The third-order valence-electron chi connectivity index (χ3n) is 3.92. The maximum absolute atomic E-state index is 12.2. The molecule has 1 aromatic carbocycles. The molecule has 23 heavy (non-hydrogen) atoms. The number of carbonyl (C=O) groups is 1. The summed E-state index contributed by atoms with van der Waals surface area (Å²) in [5.74, 6) is 0.351. The van der Waals surface area contributed by atoms with E-state index in [1.807, 2.05) is 11.9 Å². The van der Waals surface area contributed by atoms with Crippen LogP contribution in [0.1, 0.15) is 18.4 Å². The molecule has 128 valence electrons. The van der Waals surface area contributed by atoms with Gasteiger partial charge in [-0.2, -0.15) is 0 Å². The van der Waals surface area contributed by atoms with Crippen LogP contribution < -0.4 is 10.1 Å². The first kappa shape index (κ1) is 17.6. The van der Waals surface area contributed by atoms with Crippen LogP contribution in [0.4, 0.5) is 13.2 Å². The number of hydrogen-bond acceptors (Lipinski definition) is 3. The molecular weight excluding hydrogens is 309 g/mol. The van der Waals surface area contributed by atoms with Crippen LogP contribution in [0.3, 0.4) is 0 Å². The molecule has 0 saturated carbocycles. The van der Waals surface area contributed by atoms with Gasteiger partial charge in [-0.3, -0.25) is 4.79 Å². The summed E-state index contributed by atoms with van der Waals surface area (Å²) < 4.78 is 40.1. The minimum absolute atomic E-state index is 0.0965. The summed E-state index contributed by atoms with van der Waals surface area (Å²) in [4.78, 5) is 14.0. The van der Waals surface area contributed by atoms with Gasteiger partial charge in [0.25, 0.3) is 0 Å². The lowest BCUT2D eigenvalue weighted by Gasteiger charge is -2.16. The summed E-state index contributed by atoms with van der Waals surface area (Å²) in [5, 5.41) is 3.12. The van der Waals surface area contributed by atoms with E-state index in [-0.39, 0.29) is 11.7 Å². The molecule has 1 unspecified atom stereocenters. The molecule has 0 spiro atoms. The molecule has 1 N–H and O–H groups in total. The second-order valence-electron chi connectivity index (χ2n) is 5.74. The van der Waals surface area contributed by atoms with Gasteiger partial charge in [-0.05, 0) is 50.0 Å². The SMILES string of the molecule is CNCC1CCN(C(=O)CCc2ccc(OC(F)(F)F)cc2)C1. The smallest absolute Gasteiger partial charge is 0.406 e. The highest BCUT2D eigenvalue weighted by Gasteiger charge is 2.31. The Morgan fingerprint density at radius 1 is 1.35 bits per heavy atom. The van der Waals surface area contributed by atoms with Gasteiger partial charge >= 0.3 is 6.36 Å². The monoisotopic (exact) mass is 330 g/mol. The summed E-state index contributed by atoms with van der Waals surface area (Å²) in [5.41, 5.74) is 0.818. The van der Waals surface area contributed by atoms with Crippen molar-refractivity contribution < 1.29 is 22.7 Å². The van der Waals surface area contributed by atoms with Crippen molar-refractivity contribution in [2.75, 3.05) is 26.7 Å². The molecule has 1 atom stereocenters. The molecule has 7 heteroatoms. The van der Waals surface area contributed by atoms with E-state index < -0.39 is 6.36 Å². The molecule has 0 aliphatic carbocycles. The van der Waals surface area contributed by atoms with Gasteiger partial charge < -0.3 is 15.0 Å². The number of nitrogens with zero attached hydrogens (tertiary/aromatic N) is 1. The van der Waals surface area contributed by atoms with E-state index >= 15 is 0 Å². The predicted molar refractivity (Wildman–Crippen MR) is 80.1 cm³/mol. The van der Waals surface area contributed by atoms with Crippen molar-refractivity contribution in [1.29, 1.82) is 0 Å². The van der Waals surface area contributed by atoms with E-state index in [0.29, 0.717) is 18.8 Å². The second kappa shape index (κ2) is 7.68. The van der Waals surface area contributed by atoms with Gasteiger partial charge in [0.2, 0.25) is 5.91 Å². The van der Waals surface area contributed by atoms with Crippen LogP contribution in [0.5, 0.6) is 5.75 Å². The maximum atomic E-state index is 12.2. The quantitative estimate of drug-likeness (QED) is 0.872. The van der Waals surface area contributed by atoms with E-state index in [2.05, 4.69) is 10.1 Å². The van der Waals surface area contributed by atoms with Crippen LogP contribution in [-0.4, -0.2) is 43.9 Å². The largest absolute Gasteiger partial charge is 0.573 e. The number of halogens is 3. The summed E-state index contributed by atoms with van der Waals surface area (Å²) >= 11 is 0. The molecular formula is C16H21F3N2O2. The Morgan fingerprint density at radius 2 is 2.04 bits per heavy atom. The second-order valence-corrected chi connectivity index (χ2v) is 5.74. The number of aryl methyl sites for hydroxylation is 1. The molecule has 1 saturated heterocycles. The van der Waals surface area contributed by atoms with Gasteiger partial charge in [0, 0.05) is 19.5 Å². The minimum Gasteiger partial charge on any atom is -0.406 e. The van der Waals surface area contributed by atoms with E-state index in [1.165, 1.54) is 12.1 Å².